The normalized spacial score (nSPS) is 17.0. The molecule has 0 bridgehead atoms. The highest BCUT2D eigenvalue weighted by molar-refractivity contribution is 6.34. The number of benzene rings is 1. The summed E-state index contributed by atoms with van der Waals surface area (Å²) in [6.07, 6.45) is 4.94. The van der Waals surface area contributed by atoms with Crippen LogP contribution in [-0.4, -0.2) is 16.9 Å². The van der Waals surface area contributed by atoms with Crippen molar-refractivity contribution in [3.8, 4) is 0 Å². The first kappa shape index (κ1) is 14.3. The van der Waals surface area contributed by atoms with Gasteiger partial charge in [-0.25, -0.2) is 4.98 Å². The van der Waals surface area contributed by atoms with Gasteiger partial charge in [0.25, 0.3) is 5.91 Å². The van der Waals surface area contributed by atoms with Gasteiger partial charge in [0.15, 0.2) is 0 Å². The van der Waals surface area contributed by atoms with Gasteiger partial charge < -0.3 is 5.32 Å². The number of halogens is 1. The van der Waals surface area contributed by atoms with Crippen LogP contribution in [0, 0.1) is 5.92 Å². The molecule has 1 aliphatic carbocycles. The van der Waals surface area contributed by atoms with E-state index in [1.165, 1.54) is 25.7 Å². The molecule has 2 aromatic rings. The molecule has 1 aromatic heterocycles. The van der Waals surface area contributed by atoms with Crippen LogP contribution in [0.3, 0.4) is 0 Å². The molecule has 21 heavy (non-hydrogen) atoms. The Hall–Kier alpha value is -1.61. The third kappa shape index (κ3) is 3.03. The fraction of sp³-hybridized carbons (Fsp3) is 0.412. The van der Waals surface area contributed by atoms with Crippen LogP contribution >= 0.6 is 11.6 Å². The Kier molecular flexibility index (Phi) is 4.11. The minimum Gasteiger partial charge on any atom is -0.348 e. The van der Waals surface area contributed by atoms with Crippen LogP contribution in [0.2, 0.25) is 5.15 Å². The van der Waals surface area contributed by atoms with Crippen molar-refractivity contribution in [2.24, 2.45) is 5.92 Å². The van der Waals surface area contributed by atoms with Gasteiger partial charge in [-0.2, -0.15) is 0 Å². The zero-order valence-electron chi connectivity index (χ0n) is 12.1. The largest absolute Gasteiger partial charge is 0.348 e. The van der Waals surface area contributed by atoms with Crippen molar-refractivity contribution in [3.05, 3.63) is 41.2 Å². The number of aromatic nitrogens is 1. The molecule has 1 aromatic carbocycles. The van der Waals surface area contributed by atoms with Gasteiger partial charge in [0.05, 0.1) is 0 Å². The topological polar surface area (TPSA) is 42.0 Å². The van der Waals surface area contributed by atoms with Gasteiger partial charge in [-0.15, -0.1) is 0 Å². The quantitative estimate of drug-likeness (QED) is 0.864. The number of amides is 1. The molecule has 1 amide bonds. The summed E-state index contributed by atoms with van der Waals surface area (Å²) >= 11 is 6.18. The van der Waals surface area contributed by atoms with Crippen molar-refractivity contribution in [2.75, 3.05) is 0 Å². The predicted octanol–water partition coefficient (Wildman–Crippen LogP) is 4.20. The number of pyridine rings is 1. The molecule has 1 unspecified atom stereocenters. The number of nitrogens with one attached hydrogen (secondary N) is 1. The Morgan fingerprint density at radius 1 is 1.33 bits per heavy atom. The Labute approximate surface area is 129 Å². The number of hydrogen-bond donors (Lipinski definition) is 1. The third-order valence-electron chi connectivity index (χ3n) is 4.39. The van der Waals surface area contributed by atoms with Crippen molar-refractivity contribution in [2.45, 2.75) is 38.6 Å². The van der Waals surface area contributed by atoms with Crippen LogP contribution in [0.15, 0.2) is 30.3 Å². The Morgan fingerprint density at radius 2 is 2.05 bits per heavy atom. The molecule has 1 atom stereocenters. The molecule has 1 N–H and O–H groups in total. The van der Waals surface area contributed by atoms with Crippen LogP contribution in [0.1, 0.15) is 43.1 Å². The second-order valence-corrected chi connectivity index (χ2v) is 6.18. The molecule has 3 nitrogen and oxygen atoms in total. The molecule has 0 saturated heterocycles. The van der Waals surface area contributed by atoms with E-state index in [2.05, 4.69) is 17.2 Å². The highest BCUT2D eigenvalue weighted by atomic mass is 35.5. The number of fused-ring (bicyclic) bond motifs is 1. The lowest BCUT2D eigenvalue weighted by Crippen LogP contribution is -2.37. The van der Waals surface area contributed by atoms with Gasteiger partial charge in [-0.3, -0.25) is 4.79 Å². The molecule has 0 aliphatic heterocycles. The number of carbonyl (C=O) groups is 1. The van der Waals surface area contributed by atoms with Crippen molar-refractivity contribution >= 4 is 28.3 Å². The summed E-state index contributed by atoms with van der Waals surface area (Å²) in [5.74, 6) is 0.451. The Balaban J connectivity index is 1.81. The zero-order chi connectivity index (χ0) is 14.8. The lowest BCUT2D eigenvalue weighted by molar-refractivity contribution is 0.0922. The lowest BCUT2D eigenvalue weighted by atomic mass is 9.99. The van der Waals surface area contributed by atoms with Crippen LogP contribution in [0.5, 0.6) is 0 Å². The molecule has 3 rings (SSSR count). The minimum absolute atomic E-state index is 0.137. The first-order chi connectivity index (χ1) is 10.1. The maximum absolute atomic E-state index is 12.4. The summed E-state index contributed by atoms with van der Waals surface area (Å²) in [5.41, 5.74) is 0.392. The van der Waals surface area contributed by atoms with E-state index in [0.717, 1.165) is 10.8 Å². The molecule has 110 valence electrons. The van der Waals surface area contributed by atoms with E-state index < -0.39 is 0 Å². The number of nitrogens with zero attached hydrogens (tertiary/aromatic N) is 1. The third-order valence-corrected chi connectivity index (χ3v) is 4.68. The summed E-state index contributed by atoms with van der Waals surface area (Å²) < 4.78 is 0. The van der Waals surface area contributed by atoms with Crippen molar-refractivity contribution in [1.29, 1.82) is 0 Å². The second kappa shape index (κ2) is 6.02. The van der Waals surface area contributed by atoms with E-state index in [9.17, 15) is 4.79 Å². The fourth-order valence-electron chi connectivity index (χ4n) is 3.13. The minimum atomic E-state index is -0.137. The van der Waals surface area contributed by atoms with Gasteiger partial charge in [0.1, 0.15) is 10.8 Å². The van der Waals surface area contributed by atoms with Gasteiger partial charge in [0.2, 0.25) is 0 Å². The van der Waals surface area contributed by atoms with E-state index in [-0.39, 0.29) is 11.9 Å². The molecule has 1 aliphatic rings. The summed E-state index contributed by atoms with van der Waals surface area (Å²) in [5, 5.41) is 5.27. The number of rotatable bonds is 3. The molecule has 1 heterocycles. The number of carbonyl (C=O) groups excluding carboxylic acids is 1. The monoisotopic (exact) mass is 302 g/mol. The smallest absolute Gasteiger partial charge is 0.270 e. The second-order valence-electron chi connectivity index (χ2n) is 5.83. The van der Waals surface area contributed by atoms with Crippen molar-refractivity contribution in [3.63, 3.8) is 0 Å². The van der Waals surface area contributed by atoms with Gasteiger partial charge >= 0.3 is 0 Å². The van der Waals surface area contributed by atoms with E-state index >= 15 is 0 Å². The van der Waals surface area contributed by atoms with Crippen LogP contribution in [-0.2, 0) is 0 Å². The van der Waals surface area contributed by atoms with Crippen molar-refractivity contribution < 1.29 is 4.79 Å². The molecular weight excluding hydrogens is 284 g/mol. The average Bonchev–Trinajstić information content (AvgIpc) is 3.01. The van der Waals surface area contributed by atoms with Gasteiger partial charge in [0, 0.05) is 11.4 Å². The van der Waals surface area contributed by atoms with Gasteiger partial charge in [-0.05, 0) is 37.1 Å². The first-order valence-corrected chi connectivity index (χ1v) is 7.89. The standard InChI is InChI=1S/C17H19ClN2O/c1-11(12-6-2-3-7-12)19-17(21)15-10-13-8-4-5-9-14(13)16(18)20-15/h4-5,8-12H,2-3,6-7H2,1H3,(H,19,21). The van der Waals surface area contributed by atoms with E-state index in [1.54, 1.807) is 6.07 Å². The molecule has 0 radical (unpaired) electrons. The molecule has 4 heteroatoms. The summed E-state index contributed by atoms with van der Waals surface area (Å²) in [6.45, 7) is 2.08. The summed E-state index contributed by atoms with van der Waals surface area (Å²) in [6, 6.07) is 9.69. The molecule has 1 saturated carbocycles. The fourth-order valence-corrected chi connectivity index (χ4v) is 3.39. The molecule has 1 fully saturated rings. The van der Waals surface area contributed by atoms with Crippen LogP contribution in [0.4, 0.5) is 0 Å². The molecule has 0 spiro atoms. The van der Waals surface area contributed by atoms with Crippen LogP contribution in [0.25, 0.3) is 10.8 Å². The lowest BCUT2D eigenvalue weighted by Gasteiger charge is -2.20. The highest BCUT2D eigenvalue weighted by Crippen LogP contribution is 2.28. The summed E-state index contributed by atoms with van der Waals surface area (Å²) in [4.78, 5) is 16.6. The molecular formula is C17H19ClN2O. The average molecular weight is 303 g/mol. The maximum atomic E-state index is 12.4. The first-order valence-electron chi connectivity index (χ1n) is 7.51. The van der Waals surface area contributed by atoms with E-state index in [4.69, 9.17) is 11.6 Å². The maximum Gasteiger partial charge on any atom is 0.270 e. The summed E-state index contributed by atoms with van der Waals surface area (Å²) in [7, 11) is 0. The Morgan fingerprint density at radius 3 is 2.81 bits per heavy atom. The zero-order valence-corrected chi connectivity index (χ0v) is 12.9. The van der Waals surface area contributed by atoms with E-state index in [1.807, 2.05) is 24.3 Å². The number of hydrogen-bond acceptors (Lipinski definition) is 2. The SMILES string of the molecule is CC(NC(=O)c1cc2ccccc2c(Cl)n1)C1CCCC1. The Bertz CT molecular complexity index is 665. The predicted molar refractivity (Wildman–Crippen MR) is 85.6 cm³/mol. The van der Waals surface area contributed by atoms with Crippen molar-refractivity contribution in [1.82, 2.24) is 10.3 Å². The highest BCUT2D eigenvalue weighted by Gasteiger charge is 2.23. The van der Waals surface area contributed by atoms with Crippen LogP contribution < -0.4 is 5.32 Å². The van der Waals surface area contributed by atoms with E-state index in [0.29, 0.717) is 16.8 Å². The van der Waals surface area contributed by atoms with Gasteiger partial charge in [-0.1, -0.05) is 48.7 Å².